The second-order valence-electron chi connectivity index (χ2n) is 6.66. The van der Waals surface area contributed by atoms with Gasteiger partial charge >= 0.3 is 11.9 Å². The van der Waals surface area contributed by atoms with Crippen LogP contribution in [0.4, 0.5) is 0 Å². The molecule has 5 aliphatic rings. The normalized spacial score (nSPS) is 60.7. The van der Waals surface area contributed by atoms with Crippen LogP contribution in [0.5, 0.6) is 0 Å². The van der Waals surface area contributed by atoms with Crippen molar-refractivity contribution >= 4 is 11.9 Å². The molecule has 120 valence electrons. The van der Waals surface area contributed by atoms with E-state index in [-0.39, 0.29) is 6.42 Å². The summed E-state index contributed by atoms with van der Waals surface area (Å²) in [6.07, 6.45) is -4.18. The molecule has 10 heteroatoms. The van der Waals surface area contributed by atoms with Crippen molar-refractivity contribution in [3.63, 3.8) is 0 Å². The van der Waals surface area contributed by atoms with Crippen LogP contribution in [-0.4, -0.2) is 78.6 Å². The van der Waals surface area contributed by atoms with E-state index in [1.165, 1.54) is 0 Å². The Labute approximate surface area is 121 Å². The summed E-state index contributed by atoms with van der Waals surface area (Å²) >= 11 is 0. The van der Waals surface area contributed by atoms with E-state index in [1.807, 2.05) is 0 Å². The number of aliphatic hydroxyl groups is 5. The molecule has 3 heterocycles. The highest BCUT2D eigenvalue weighted by Gasteiger charge is 2.98. The van der Waals surface area contributed by atoms with Gasteiger partial charge in [0.1, 0.15) is 17.6 Å². The summed E-state index contributed by atoms with van der Waals surface area (Å²) in [7, 11) is 0. The zero-order chi connectivity index (χ0) is 15.9. The molecule has 0 aromatic carbocycles. The smallest absolute Gasteiger partial charge is 0.345 e. The molecule has 5 N–H and O–H groups in total. The van der Waals surface area contributed by atoms with Crippen LogP contribution < -0.4 is 0 Å². The van der Waals surface area contributed by atoms with Crippen molar-refractivity contribution in [1.82, 2.24) is 0 Å². The SMILES string of the molecule is O=C1OC2[C@@H](C(O)(O)O)C1[C@]1(O)C[C@H]3O[C@]34C(=O)O[C@H]2[C@]14O. The van der Waals surface area contributed by atoms with Crippen LogP contribution in [0.3, 0.4) is 0 Å². The summed E-state index contributed by atoms with van der Waals surface area (Å²) in [6.45, 7) is 0. The highest BCUT2D eigenvalue weighted by molar-refractivity contribution is 5.92. The number of esters is 2. The van der Waals surface area contributed by atoms with E-state index in [0.29, 0.717) is 0 Å². The number of ether oxygens (including phenoxy) is 3. The van der Waals surface area contributed by atoms with Gasteiger partial charge in [0, 0.05) is 6.42 Å². The van der Waals surface area contributed by atoms with Crippen molar-refractivity contribution in [2.45, 2.75) is 47.5 Å². The van der Waals surface area contributed by atoms with Crippen molar-refractivity contribution in [1.29, 1.82) is 0 Å². The minimum Gasteiger partial charge on any atom is -0.457 e. The Hall–Kier alpha value is -1.30. The van der Waals surface area contributed by atoms with Crippen molar-refractivity contribution < 1.29 is 49.3 Å². The van der Waals surface area contributed by atoms with Crippen LogP contribution in [0.15, 0.2) is 0 Å². The lowest BCUT2D eigenvalue weighted by molar-refractivity contribution is -0.379. The average molecular weight is 316 g/mol. The van der Waals surface area contributed by atoms with Crippen LogP contribution in [0.2, 0.25) is 0 Å². The maximum atomic E-state index is 12.1. The van der Waals surface area contributed by atoms with E-state index in [9.17, 15) is 35.1 Å². The van der Waals surface area contributed by atoms with Crippen LogP contribution in [0.1, 0.15) is 6.42 Å². The molecule has 10 nitrogen and oxygen atoms in total. The molecule has 0 aromatic heterocycles. The Morgan fingerprint density at radius 2 is 1.82 bits per heavy atom. The van der Waals surface area contributed by atoms with E-state index in [0.717, 1.165) is 0 Å². The fraction of sp³-hybridized carbons (Fsp3) is 0.833. The Kier molecular flexibility index (Phi) is 1.81. The molecule has 2 bridgehead atoms. The van der Waals surface area contributed by atoms with E-state index in [2.05, 4.69) is 0 Å². The third-order valence-corrected chi connectivity index (χ3v) is 5.88. The maximum absolute atomic E-state index is 12.1. The first-order valence-corrected chi connectivity index (χ1v) is 6.80. The summed E-state index contributed by atoms with van der Waals surface area (Å²) < 4.78 is 15.2. The van der Waals surface area contributed by atoms with Crippen molar-refractivity contribution in [2.24, 2.45) is 11.8 Å². The third kappa shape index (κ3) is 0.946. The zero-order valence-corrected chi connectivity index (χ0v) is 10.9. The van der Waals surface area contributed by atoms with Gasteiger partial charge in [-0.2, -0.15) is 0 Å². The Bertz CT molecular complexity index is 640. The van der Waals surface area contributed by atoms with Crippen LogP contribution in [-0.2, 0) is 23.8 Å². The molecular formula is C12H12O10. The topological polar surface area (TPSA) is 166 Å². The summed E-state index contributed by atoms with van der Waals surface area (Å²) in [5.74, 6) is -8.55. The number of rotatable bonds is 1. The van der Waals surface area contributed by atoms with Crippen LogP contribution in [0, 0.1) is 11.8 Å². The number of epoxide rings is 1. The van der Waals surface area contributed by atoms with E-state index < -0.39 is 64.9 Å². The number of hydrogen-bond acceptors (Lipinski definition) is 10. The van der Waals surface area contributed by atoms with Gasteiger partial charge in [-0.15, -0.1) is 0 Å². The highest BCUT2D eigenvalue weighted by atomic mass is 16.7. The van der Waals surface area contributed by atoms with Gasteiger partial charge in [-0.25, -0.2) is 4.79 Å². The first-order valence-electron chi connectivity index (χ1n) is 6.80. The summed E-state index contributed by atoms with van der Waals surface area (Å²) in [6, 6.07) is 0. The summed E-state index contributed by atoms with van der Waals surface area (Å²) in [5.41, 5.74) is -6.24. The molecule has 1 spiro atoms. The lowest BCUT2D eigenvalue weighted by Crippen LogP contribution is -2.74. The lowest BCUT2D eigenvalue weighted by atomic mass is 9.59. The van der Waals surface area contributed by atoms with Gasteiger partial charge in [0.05, 0.1) is 5.92 Å². The highest BCUT2D eigenvalue weighted by Crippen LogP contribution is 2.72. The Morgan fingerprint density at radius 1 is 1.14 bits per heavy atom. The molecule has 8 atom stereocenters. The molecule has 2 unspecified atom stereocenters. The van der Waals surface area contributed by atoms with Gasteiger partial charge in [0.2, 0.25) is 5.60 Å². The molecule has 0 amide bonds. The molecular weight excluding hydrogens is 304 g/mol. The minimum atomic E-state index is -3.35. The number of carbonyl (C=O) groups excluding carboxylic acids is 2. The predicted molar refractivity (Wildman–Crippen MR) is 58.2 cm³/mol. The molecule has 0 aromatic rings. The molecule has 5 fully saturated rings. The monoisotopic (exact) mass is 316 g/mol. The Balaban J connectivity index is 1.76. The fourth-order valence-corrected chi connectivity index (χ4v) is 5.02. The molecule has 2 aliphatic carbocycles. The van der Waals surface area contributed by atoms with Gasteiger partial charge in [0.25, 0.3) is 5.97 Å². The summed E-state index contributed by atoms with van der Waals surface area (Å²) in [5, 5.41) is 50.6. The van der Waals surface area contributed by atoms with E-state index in [4.69, 9.17) is 14.2 Å². The van der Waals surface area contributed by atoms with Crippen molar-refractivity contribution in [3.05, 3.63) is 0 Å². The lowest BCUT2D eigenvalue weighted by Gasteiger charge is -2.50. The van der Waals surface area contributed by atoms with Gasteiger partial charge < -0.3 is 39.7 Å². The first kappa shape index (κ1) is 13.2. The van der Waals surface area contributed by atoms with Crippen LogP contribution >= 0.6 is 0 Å². The van der Waals surface area contributed by atoms with Crippen molar-refractivity contribution in [3.8, 4) is 0 Å². The van der Waals surface area contributed by atoms with Gasteiger partial charge in [-0.1, -0.05) is 0 Å². The van der Waals surface area contributed by atoms with E-state index >= 15 is 0 Å². The van der Waals surface area contributed by atoms with Gasteiger partial charge in [-0.05, 0) is 0 Å². The van der Waals surface area contributed by atoms with E-state index in [1.54, 1.807) is 0 Å². The zero-order valence-electron chi connectivity index (χ0n) is 10.9. The average Bonchev–Trinajstić information content (AvgIpc) is 2.85. The van der Waals surface area contributed by atoms with Gasteiger partial charge in [-0.3, -0.25) is 4.79 Å². The second-order valence-corrected chi connectivity index (χ2v) is 6.66. The molecule has 22 heavy (non-hydrogen) atoms. The van der Waals surface area contributed by atoms with Gasteiger partial charge in [0.15, 0.2) is 17.8 Å². The molecule has 5 rings (SSSR count). The Morgan fingerprint density at radius 3 is 2.45 bits per heavy atom. The fourth-order valence-electron chi connectivity index (χ4n) is 5.02. The third-order valence-electron chi connectivity index (χ3n) is 5.88. The number of fused-ring (bicyclic) bond motifs is 4. The number of carbonyl (C=O) groups is 2. The predicted octanol–water partition coefficient (Wildman–Crippen LogP) is -4.28. The number of hydrogen-bond donors (Lipinski definition) is 5. The summed E-state index contributed by atoms with van der Waals surface area (Å²) in [4.78, 5) is 24.1. The minimum absolute atomic E-state index is 0.284. The van der Waals surface area contributed by atoms with Crippen LogP contribution in [0.25, 0.3) is 0 Å². The second kappa shape index (κ2) is 3.03. The maximum Gasteiger partial charge on any atom is 0.345 e. The standard InChI is InChI=1S/C12H12O10/c13-7-4-3(12(17,18)19)5(20-7)6-11(16)9(4,15)1-2-10(11,22-2)8(14)21-6/h2-6,15-19H,1H2/t2-,3+,4?,5?,6-,9-,10+,11+/m1/s1. The first-order chi connectivity index (χ1) is 10.1. The largest absolute Gasteiger partial charge is 0.457 e. The molecule has 2 saturated carbocycles. The quantitative estimate of drug-likeness (QED) is 0.181. The molecule has 0 radical (unpaired) electrons. The molecule has 3 aliphatic heterocycles. The molecule has 3 saturated heterocycles. The van der Waals surface area contributed by atoms with Crippen molar-refractivity contribution in [2.75, 3.05) is 0 Å².